The van der Waals surface area contributed by atoms with Crippen LogP contribution in [0.25, 0.3) is 6.08 Å². The van der Waals surface area contributed by atoms with Crippen molar-refractivity contribution < 1.29 is 18.7 Å². The lowest BCUT2D eigenvalue weighted by Gasteiger charge is -2.08. The summed E-state index contributed by atoms with van der Waals surface area (Å²) in [7, 11) is 0. The lowest BCUT2D eigenvalue weighted by atomic mass is 10.1. The first-order valence-electron chi connectivity index (χ1n) is 8.21. The number of hydrogen-bond donors (Lipinski definition) is 0. The molecule has 0 amide bonds. The van der Waals surface area contributed by atoms with Gasteiger partial charge in [-0.15, -0.1) is 0 Å². The Morgan fingerprint density at radius 2 is 1.89 bits per heavy atom. The first-order chi connectivity index (χ1) is 13.0. The molecule has 1 aromatic heterocycles. The highest BCUT2D eigenvalue weighted by Crippen LogP contribution is 2.35. The molecule has 0 unspecified atom stereocenters. The fourth-order valence-electron chi connectivity index (χ4n) is 2.71. The summed E-state index contributed by atoms with van der Waals surface area (Å²) in [5.74, 6) is 2.42. The molecule has 0 N–H and O–H groups in total. The number of aryl methyl sites for hydroxylation is 1. The summed E-state index contributed by atoms with van der Waals surface area (Å²) in [5, 5.41) is 0.972. The number of furan rings is 1. The Morgan fingerprint density at radius 3 is 2.63 bits per heavy atom. The van der Waals surface area contributed by atoms with E-state index in [9.17, 15) is 4.79 Å². The molecule has 27 heavy (non-hydrogen) atoms. The van der Waals surface area contributed by atoms with Crippen LogP contribution in [0.3, 0.4) is 0 Å². The quantitative estimate of drug-likeness (QED) is 0.497. The molecule has 0 spiro atoms. The molecule has 2 aromatic carbocycles. The van der Waals surface area contributed by atoms with Crippen molar-refractivity contribution in [1.82, 2.24) is 0 Å². The number of fused-ring (bicyclic) bond motifs is 1. The van der Waals surface area contributed by atoms with Crippen molar-refractivity contribution in [3.8, 4) is 11.5 Å². The predicted octanol–water partition coefficient (Wildman–Crippen LogP) is 6.09. The fraction of sp³-hybridized carbons (Fsp3) is 0.0952. The van der Waals surface area contributed by atoms with Gasteiger partial charge in [0, 0.05) is 12.1 Å². The Kier molecular flexibility index (Phi) is 4.68. The zero-order valence-electron chi connectivity index (χ0n) is 14.3. The molecular weight excluding hydrogens is 387 g/mol. The highest BCUT2D eigenvalue weighted by molar-refractivity contribution is 6.42. The van der Waals surface area contributed by atoms with E-state index in [-0.39, 0.29) is 11.5 Å². The van der Waals surface area contributed by atoms with Gasteiger partial charge in [-0.05, 0) is 48.9 Å². The second kappa shape index (κ2) is 7.14. The number of carbonyl (C=O) groups is 1. The van der Waals surface area contributed by atoms with Crippen LogP contribution in [-0.2, 0) is 6.61 Å². The van der Waals surface area contributed by atoms with Crippen LogP contribution in [0.4, 0.5) is 0 Å². The molecule has 0 bridgehead atoms. The van der Waals surface area contributed by atoms with Gasteiger partial charge in [-0.1, -0.05) is 29.3 Å². The largest absolute Gasteiger partial charge is 0.489 e. The summed E-state index contributed by atoms with van der Waals surface area (Å²) >= 11 is 11.9. The van der Waals surface area contributed by atoms with Crippen molar-refractivity contribution in [3.63, 3.8) is 0 Å². The van der Waals surface area contributed by atoms with Crippen LogP contribution >= 0.6 is 23.2 Å². The number of ether oxygens (including phenoxy) is 2. The average Bonchev–Trinajstić information content (AvgIpc) is 3.19. The minimum atomic E-state index is -0.185. The number of Topliss-reactive ketones (excluding diaryl/α,β-unsaturated/α-hetero) is 1. The first kappa shape index (κ1) is 17.7. The van der Waals surface area contributed by atoms with Gasteiger partial charge in [-0.2, -0.15) is 0 Å². The zero-order chi connectivity index (χ0) is 19.0. The molecule has 1 aliphatic heterocycles. The number of allylic oxidation sites excluding steroid dienone is 1. The molecule has 3 aromatic rings. The predicted molar refractivity (Wildman–Crippen MR) is 104 cm³/mol. The van der Waals surface area contributed by atoms with Crippen LogP contribution in [0, 0.1) is 6.92 Å². The SMILES string of the molecule is Cc1ccc(/C=C2/Oc3cc(OCc4ccc(Cl)c(Cl)c4)ccc3C2=O)o1. The van der Waals surface area contributed by atoms with Gasteiger partial charge in [-0.25, -0.2) is 0 Å². The Balaban J connectivity index is 1.50. The second-order valence-electron chi connectivity index (χ2n) is 6.08. The van der Waals surface area contributed by atoms with Crippen LogP contribution in [0.5, 0.6) is 11.5 Å². The molecule has 0 saturated heterocycles. The summed E-state index contributed by atoms with van der Waals surface area (Å²) in [6.07, 6.45) is 1.59. The topological polar surface area (TPSA) is 48.7 Å². The highest BCUT2D eigenvalue weighted by atomic mass is 35.5. The van der Waals surface area contributed by atoms with Crippen molar-refractivity contribution in [2.45, 2.75) is 13.5 Å². The number of ketones is 1. The minimum absolute atomic E-state index is 0.185. The summed E-state index contributed by atoms with van der Waals surface area (Å²) in [6, 6.07) is 14.0. The lowest BCUT2D eigenvalue weighted by Crippen LogP contribution is -1.97. The maximum Gasteiger partial charge on any atom is 0.232 e. The van der Waals surface area contributed by atoms with E-state index in [0.29, 0.717) is 39.5 Å². The normalized spacial score (nSPS) is 14.3. The maximum atomic E-state index is 12.5. The standard InChI is InChI=1S/C21H14Cl2O4/c1-12-2-4-15(26-12)10-20-21(24)16-6-5-14(9-19(16)27-20)25-11-13-3-7-17(22)18(23)8-13/h2-10H,11H2,1H3/b20-10+. The minimum Gasteiger partial charge on any atom is -0.489 e. The molecule has 6 heteroatoms. The molecule has 0 saturated carbocycles. The molecule has 0 aliphatic carbocycles. The Morgan fingerprint density at radius 1 is 1.04 bits per heavy atom. The van der Waals surface area contributed by atoms with Gasteiger partial charge in [-0.3, -0.25) is 4.79 Å². The van der Waals surface area contributed by atoms with E-state index >= 15 is 0 Å². The fourth-order valence-corrected chi connectivity index (χ4v) is 3.03. The van der Waals surface area contributed by atoms with Crippen LogP contribution in [0.15, 0.2) is 58.7 Å². The van der Waals surface area contributed by atoms with Crippen molar-refractivity contribution in [1.29, 1.82) is 0 Å². The first-order valence-corrected chi connectivity index (χ1v) is 8.96. The lowest BCUT2D eigenvalue weighted by molar-refractivity contribution is 0.101. The smallest absolute Gasteiger partial charge is 0.232 e. The van der Waals surface area contributed by atoms with Crippen LogP contribution in [0.1, 0.15) is 27.4 Å². The summed E-state index contributed by atoms with van der Waals surface area (Å²) in [4.78, 5) is 12.5. The van der Waals surface area contributed by atoms with Crippen molar-refractivity contribution in [2.24, 2.45) is 0 Å². The van der Waals surface area contributed by atoms with E-state index in [4.69, 9.17) is 37.1 Å². The van der Waals surface area contributed by atoms with Gasteiger partial charge in [0.05, 0.1) is 15.6 Å². The van der Waals surface area contributed by atoms with E-state index in [0.717, 1.165) is 11.3 Å². The van der Waals surface area contributed by atoms with Crippen molar-refractivity contribution in [2.75, 3.05) is 0 Å². The van der Waals surface area contributed by atoms with Gasteiger partial charge in [0.25, 0.3) is 0 Å². The third-order valence-electron chi connectivity index (χ3n) is 4.07. The Labute approximate surface area is 165 Å². The molecule has 0 radical (unpaired) electrons. The summed E-state index contributed by atoms with van der Waals surface area (Å²) < 4.78 is 16.9. The van der Waals surface area contributed by atoms with Crippen molar-refractivity contribution in [3.05, 3.63) is 87.0 Å². The Hall–Kier alpha value is -2.69. The van der Waals surface area contributed by atoms with Gasteiger partial charge in [0.1, 0.15) is 29.6 Å². The van der Waals surface area contributed by atoms with Gasteiger partial charge in [0.2, 0.25) is 5.78 Å². The van der Waals surface area contributed by atoms with E-state index in [1.54, 1.807) is 42.5 Å². The number of carbonyl (C=O) groups excluding carboxylic acids is 1. The van der Waals surface area contributed by atoms with Gasteiger partial charge < -0.3 is 13.9 Å². The van der Waals surface area contributed by atoms with Crippen LogP contribution in [0.2, 0.25) is 10.0 Å². The molecule has 1 aliphatic rings. The maximum absolute atomic E-state index is 12.5. The van der Waals surface area contributed by atoms with E-state index in [1.807, 2.05) is 19.1 Å². The summed E-state index contributed by atoms with van der Waals surface area (Å²) in [6.45, 7) is 2.16. The highest BCUT2D eigenvalue weighted by Gasteiger charge is 2.28. The molecule has 2 heterocycles. The summed E-state index contributed by atoms with van der Waals surface area (Å²) in [5.41, 5.74) is 1.38. The van der Waals surface area contributed by atoms with Crippen LogP contribution < -0.4 is 9.47 Å². The number of benzene rings is 2. The molecular formula is C21H14Cl2O4. The monoisotopic (exact) mass is 400 g/mol. The molecule has 136 valence electrons. The van der Waals surface area contributed by atoms with Gasteiger partial charge >= 0.3 is 0 Å². The number of halogens is 2. The number of hydrogen-bond acceptors (Lipinski definition) is 4. The van der Waals surface area contributed by atoms with E-state index in [1.165, 1.54) is 0 Å². The molecule has 0 fully saturated rings. The second-order valence-corrected chi connectivity index (χ2v) is 6.90. The molecule has 0 atom stereocenters. The average molecular weight is 401 g/mol. The molecule has 4 rings (SSSR count). The van der Waals surface area contributed by atoms with Crippen molar-refractivity contribution >= 4 is 35.1 Å². The zero-order valence-corrected chi connectivity index (χ0v) is 15.8. The van der Waals surface area contributed by atoms with Crippen LogP contribution in [-0.4, -0.2) is 5.78 Å². The van der Waals surface area contributed by atoms with E-state index in [2.05, 4.69) is 0 Å². The number of rotatable bonds is 4. The van der Waals surface area contributed by atoms with Gasteiger partial charge in [0.15, 0.2) is 5.76 Å². The molecule has 4 nitrogen and oxygen atoms in total. The third kappa shape index (κ3) is 3.72. The van der Waals surface area contributed by atoms with E-state index < -0.39 is 0 Å². The third-order valence-corrected chi connectivity index (χ3v) is 4.80. The Bertz CT molecular complexity index is 1070.